The van der Waals surface area contributed by atoms with Crippen molar-refractivity contribution in [2.24, 2.45) is 5.73 Å². The number of ether oxygens (including phenoxy) is 2. The monoisotopic (exact) mass is 425 g/mol. The van der Waals surface area contributed by atoms with Crippen molar-refractivity contribution in [3.8, 4) is 22.6 Å². The SMILES string of the molecule is Cc1[nH]nc2ccc(-c3cncc(OC(CN)COc4ccc5cccnc5c4)c3)cc12. The topological polar surface area (TPSA) is 98.9 Å². The minimum absolute atomic E-state index is 0.315. The molecule has 7 nitrogen and oxygen atoms in total. The van der Waals surface area contributed by atoms with Crippen LogP contribution in [0.1, 0.15) is 5.69 Å². The number of H-pyrrole nitrogens is 1. The Morgan fingerprint density at radius 2 is 1.91 bits per heavy atom. The van der Waals surface area contributed by atoms with E-state index < -0.39 is 0 Å². The van der Waals surface area contributed by atoms with Crippen LogP contribution in [0.15, 0.2) is 73.2 Å². The van der Waals surface area contributed by atoms with Crippen molar-refractivity contribution in [2.75, 3.05) is 13.2 Å². The van der Waals surface area contributed by atoms with Gasteiger partial charge >= 0.3 is 0 Å². The van der Waals surface area contributed by atoms with Gasteiger partial charge in [-0.3, -0.25) is 15.1 Å². The second kappa shape index (κ2) is 8.64. The van der Waals surface area contributed by atoms with Crippen molar-refractivity contribution in [1.82, 2.24) is 20.2 Å². The summed E-state index contributed by atoms with van der Waals surface area (Å²) in [7, 11) is 0. The number of benzene rings is 2. The Bertz CT molecular complexity index is 1380. The van der Waals surface area contributed by atoms with E-state index in [9.17, 15) is 0 Å². The molecule has 2 aromatic carbocycles. The highest BCUT2D eigenvalue weighted by Crippen LogP contribution is 2.27. The summed E-state index contributed by atoms with van der Waals surface area (Å²) < 4.78 is 12.0. The summed E-state index contributed by atoms with van der Waals surface area (Å²) in [4.78, 5) is 8.72. The molecule has 5 aromatic rings. The molecule has 160 valence electrons. The molecule has 5 rings (SSSR count). The van der Waals surface area contributed by atoms with Gasteiger partial charge in [0, 0.05) is 47.0 Å². The average Bonchev–Trinajstić information content (AvgIpc) is 3.21. The predicted octanol–water partition coefficient (Wildman–Crippen LogP) is 4.27. The summed E-state index contributed by atoms with van der Waals surface area (Å²) in [6.45, 7) is 2.64. The summed E-state index contributed by atoms with van der Waals surface area (Å²) in [5.74, 6) is 1.37. The van der Waals surface area contributed by atoms with E-state index in [0.717, 1.165) is 44.4 Å². The summed E-state index contributed by atoms with van der Waals surface area (Å²) in [5, 5.41) is 9.46. The van der Waals surface area contributed by atoms with E-state index in [0.29, 0.717) is 18.9 Å². The third-order valence-electron chi connectivity index (χ3n) is 5.37. The molecule has 3 aromatic heterocycles. The fourth-order valence-electron chi connectivity index (χ4n) is 3.63. The predicted molar refractivity (Wildman–Crippen MR) is 125 cm³/mol. The van der Waals surface area contributed by atoms with Crippen LogP contribution >= 0.6 is 0 Å². The summed E-state index contributed by atoms with van der Waals surface area (Å²) in [6, 6.07) is 17.9. The molecule has 0 amide bonds. The number of aromatic amines is 1. The van der Waals surface area contributed by atoms with Crippen molar-refractivity contribution in [3.05, 3.63) is 78.9 Å². The first-order chi connectivity index (χ1) is 15.7. The Labute approximate surface area is 185 Å². The van der Waals surface area contributed by atoms with Crippen LogP contribution in [0.5, 0.6) is 11.5 Å². The average molecular weight is 425 g/mol. The lowest BCUT2D eigenvalue weighted by atomic mass is 10.0. The molecular formula is C25H23N5O2. The van der Waals surface area contributed by atoms with Gasteiger partial charge in [-0.05, 0) is 48.9 Å². The number of nitrogens with two attached hydrogens (primary N) is 1. The van der Waals surface area contributed by atoms with Gasteiger partial charge in [0.25, 0.3) is 0 Å². The van der Waals surface area contributed by atoms with Crippen molar-refractivity contribution in [1.29, 1.82) is 0 Å². The number of aromatic nitrogens is 4. The van der Waals surface area contributed by atoms with Crippen molar-refractivity contribution < 1.29 is 9.47 Å². The lowest BCUT2D eigenvalue weighted by Crippen LogP contribution is -2.32. The van der Waals surface area contributed by atoms with Gasteiger partial charge in [0.1, 0.15) is 24.2 Å². The largest absolute Gasteiger partial charge is 0.490 e. The van der Waals surface area contributed by atoms with E-state index in [1.165, 1.54) is 0 Å². The molecule has 0 aliphatic carbocycles. The molecule has 3 N–H and O–H groups in total. The van der Waals surface area contributed by atoms with E-state index in [2.05, 4.69) is 26.2 Å². The van der Waals surface area contributed by atoms with E-state index in [1.807, 2.05) is 61.7 Å². The number of pyridine rings is 2. The van der Waals surface area contributed by atoms with E-state index in [4.69, 9.17) is 15.2 Å². The summed E-state index contributed by atoms with van der Waals surface area (Å²) in [6.07, 6.45) is 4.96. The fourth-order valence-corrected chi connectivity index (χ4v) is 3.63. The Morgan fingerprint density at radius 1 is 0.969 bits per heavy atom. The minimum atomic E-state index is -0.315. The molecule has 0 bridgehead atoms. The third kappa shape index (κ3) is 4.10. The lowest BCUT2D eigenvalue weighted by molar-refractivity contribution is 0.134. The highest BCUT2D eigenvalue weighted by atomic mass is 16.5. The number of nitrogens with zero attached hydrogens (tertiary/aromatic N) is 3. The number of hydrogen-bond acceptors (Lipinski definition) is 6. The molecule has 1 unspecified atom stereocenters. The molecule has 0 aliphatic heterocycles. The molecule has 0 saturated carbocycles. The van der Waals surface area contributed by atoms with Gasteiger partial charge in [-0.25, -0.2) is 0 Å². The van der Waals surface area contributed by atoms with Gasteiger partial charge in [0.05, 0.1) is 17.2 Å². The highest BCUT2D eigenvalue weighted by molar-refractivity contribution is 5.86. The fraction of sp³-hybridized carbons (Fsp3) is 0.160. The molecule has 0 fully saturated rings. The maximum absolute atomic E-state index is 6.08. The maximum atomic E-state index is 6.08. The van der Waals surface area contributed by atoms with Crippen molar-refractivity contribution >= 4 is 21.8 Å². The molecule has 0 saturated heterocycles. The Kier molecular flexibility index (Phi) is 5.39. The van der Waals surface area contributed by atoms with Crippen LogP contribution < -0.4 is 15.2 Å². The standard InChI is InChI=1S/C25H23N5O2/c1-16-23-10-18(5-7-24(23)30-29-16)19-9-21(14-27-13-19)32-22(12-26)15-31-20-6-4-17-3-2-8-28-25(17)11-20/h2-11,13-14,22H,12,15,26H2,1H3,(H,29,30). The normalized spacial score (nSPS) is 12.2. The zero-order chi connectivity index (χ0) is 21.9. The second-order valence-corrected chi connectivity index (χ2v) is 7.63. The van der Waals surface area contributed by atoms with Crippen molar-refractivity contribution in [2.45, 2.75) is 13.0 Å². The van der Waals surface area contributed by atoms with Crippen LogP contribution in [0, 0.1) is 6.92 Å². The number of nitrogens with one attached hydrogen (secondary N) is 1. The zero-order valence-corrected chi connectivity index (χ0v) is 17.7. The van der Waals surface area contributed by atoms with Crippen molar-refractivity contribution in [3.63, 3.8) is 0 Å². The van der Waals surface area contributed by atoms with Gasteiger partial charge in [0.15, 0.2) is 0 Å². The quantitative estimate of drug-likeness (QED) is 0.404. The minimum Gasteiger partial charge on any atom is -0.490 e. The van der Waals surface area contributed by atoms with Crippen LogP contribution in [0.4, 0.5) is 0 Å². The van der Waals surface area contributed by atoms with Crippen LogP contribution in [0.2, 0.25) is 0 Å². The molecule has 0 aliphatic rings. The van der Waals surface area contributed by atoms with Gasteiger partial charge < -0.3 is 15.2 Å². The van der Waals surface area contributed by atoms with Gasteiger partial charge in [-0.2, -0.15) is 5.10 Å². The molecule has 1 atom stereocenters. The number of aryl methyl sites for hydroxylation is 1. The Balaban J connectivity index is 1.30. The number of rotatable bonds is 7. The third-order valence-corrected chi connectivity index (χ3v) is 5.37. The number of fused-ring (bicyclic) bond motifs is 2. The zero-order valence-electron chi connectivity index (χ0n) is 17.7. The van der Waals surface area contributed by atoms with Gasteiger partial charge in [-0.1, -0.05) is 12.1 Å². The Hall–Kier alpha value is -3.97. The van der Waals surface area contributed by atoms with E-state index in [-0.39, 0.29) is 6.10 Å². The van der Waals surface area contributed by atoms with E-state index in [1.54, 1.807) is 12.4 Å². The first-order valence-corrected chi connectivity index (χ1v) is 10.4. The maximum Gasteiger partial charge on any atom is 0.145 e. The highest BCUT2D eigenvalue weighted by Gasteiger charge is 2.12. The molecule has 3 heterocycles. The Morgan fingerprint density at radius 3 is 2.81 bits per heavy atom. The van der Waals surface area contributed by atoms with Crippen LogP contribution in [-0.2, 0) is 0 Å². The number of hydrogen-bond donors (Lipinski definition) is 2. The first kappa shape index (κ1) is 20.0. The lowest BCUT2D eigenvalue weighted by Gasteiger charge is -2.18. The van der Waals surface area contributed by atoms with Gasteiger partial charge in [-0.15, -0.1) is 0 Å². The molecule has 32 heavy (non-hydrogen) atoms. The molecule has 7 heteroatoms. The first-order valence-electron chi connectivity index (χ1n) is 10.4. The summed E-state index contributed by atoms with van der Waals surface area (Å²) >= 11 is 0. The second-order valence-electron chi connectivity index (χ2n) is 7.63. The van der Waals surface area contributed by atoms with Crippen LogP contribution in [-0.4, -0.2) is 39.4 Å². The van der Waals surface area contributed by atoms with Crippen LogP contribution in [0.25, 0.3) is 32.9 Å². The van der Waals surface area contributed by atoms with Gasteiger partial charge in [0.2, 0.25) is 0 Å². The summed E-state index contributed by atoms with van der Waals surface area (Å²) in [5.41, 5.74) is 10.8. The van der Waals surface area contributed by atoms with Crippen LogP contribution in [0.3, 0.4) is 0 Å². The molecule has 0 radical (unpaired) electrons. The molecular weight excluding hydrogens is 402 g/mol. The molecule has 0 spiro atoms. The smallest absolute Gasteiger partial charge is 0.145 e. The van der Waals surface area contributed by atoms with E-state index >= 15 is 0 Å².